The van der Waals surface area contributed by atoms with E-state index in [4.69, 9.17) is 0 Å². The predicted octanol–water partition coefficient (Wildman–Crippen LogP) is 2.66. The number of carbonyl (C=O) groups excluding carboxylic acids is 1. The lowest BCUT2D eigenvalue weighted by Crippen LogP contribution is -1.97. The van der Waals surface area contributed by atoms with Crippen molar-refractivity contribution in [1.82, 2.24) is 4.98 Å². The second-order valence-electron chi connectivity index (χ2n) is 3.47. The maximum atomic E-state index is 11.5. The minimum Gasteiger partial charge on any atom is -0.507 e. The summed E-state index contributed by atoms with van der Waals surface area (Å²) in [4.78, 5) is 15.6. The van der Waals surface area contributed by atoms with Crippen LogP contribution >= 0.6 is 0 Å². The van der Waals surface area contributed by atoms with E-state index in [9.17, 15) is 9.90 Å². The van der Waals surface area contributed by atoms with Gasteiger partial charge in [-0.2, -0.15) is 0 Å². The Morgan fingerprint density at radius 2 is 2.00 bits per heavy atom. The second-order valence-corrected chi connectivity index (χ2v) is 3.47. The number of rotatable bonds is 2. The predicted molar refractivity (Wildman–Crippen MR) is 61.3 cm³/mol. The number of aromatic nitrogens is 1. The summed E-state index contributed by atoms with van der Waals surface area (Å²) in [5.74, 6) is -0.0112. The molecular weight excluding hydrogens is 202 g/mol. The number of aromatic hydroxyl groups is 1. The molecule has 0 aliphatic rings. The third-order valence-electron chi connectivity index (χ3n) is 2.34. The van der Waals surface area contributed by atoms with Gasteiger partial charge in [0, 0.05) is 11.8 Å². The van der Waals surface area contributed by atoms with Crippen LogP contribution in [0.15, 0.2) is 42.6 Å². The van der Waals surface area contributed by atoms with E-state index < -0.39 is 0 Å². The van der Waals surface area contributed by atoms with Crippen molar-refractivity contribution in [1.29, 1.82) is 0 Å². The fourth-order valence-corrected chi connectivity index (χ4v) is 1.61. The summed E-state index contributed by atoms with van der Waals surface area (Å²) in [7, 11) is 0. The highest BCUT2D eigenvalue weighted by atomic mass is 16.3. The fraction of sp³-hybridized carbons (Fsp3) is 0.0769. The van der Waals surface area contributed by atoms with Gasteiger partial charge in [0.1, 0.15) is 5.75 Å². The molecule has 0 unspecified atom stereocenters. The van der Waals surface area contributed by atoms with Crippen LogP contribution in [-0.2, 0) is 0 Å². The number of hydrogen-bond donors (Lipinski definition) is 1. The first-order valence-electron chi connectivity index (χ1n) is 4.94. The summed E-state index contributed by atoms with van der Waals surface area (Å²) in [5.41, 5.74) is 1.58. The van der Waals surface area contributed by atoms with E-state index in [0.29, 0.717) is 16.8 Å². The zero-order valence-electron chi connectivity index (χ0n) is 8.84. The van der Waals surface area contributed by atoms with Gasteiger partial charge in [-0.3, -0.25) is 9.78 Å². The van der Waals surface area contributed by atoms with E-state index in [1.54, 1.807) is 36.5 Å². The molecule has 1 aromatic heterocycles. The van der Waals surface area contributed by atoms with Gasteiger partial charge in [-0.25, -0.2) is 0 Å². The Labute approximate surface area is 93.4 Å². The molecule has 0 radical (unpaired) electrons. The minimum atomic E-state index is -0.0865. The standard InChI is InChI=1S/C13H11NO2/c1-9(15)10-5-4-7-12(16)13(10)11-6-2-3-8-14-11/h2-8,16H,1H3. The number of Topliss-reactive ketones (excluding diaryl/α,β-unsaturated/α-hetero) is 1. The lowest BCUT2D eigenvalue weighted by atomic mass is 10.00. The molecule has 3 nitrogen and oxygen atoms in total. The van der Waals surface area contributed by atoms with Crippen LogP contribution < -0.4 is 0 Å². The van der Waals surface area contributed by atoms with Crippen LogP contribution in [-0.4, -0.2) is 15.9 Å². The van der Waals surface area contributed by atoms with Crippen LogP contribution in [0.3, 0.4) is 0 Å². The SMILES string of the molecule is CC(=O)c1cccc(O)c1-c1ccccn1. The molecule has 0 saturated heterocycles. The lowest BCUT2D eigenvalue weighted by molar-refractivity contribution is 0.101. The van der Waals surface area contributed by atoms with Gasteiger partial charge in [-0.1, -0.05) is 18.2 Å². The van der Waals surface area contributed by atoms with Crippen molar-refractivity contribution in [2.45, 2.75) is 6.92 Å². The molecule has 0 aliphatic heterocycles. The van der Waals surface area contributed by atoms with Crippen molar-refractivity contribution in [3.63, 3.8) is 0 Å². The molecule has 1 N–H and O–H groups in total. The molecule has 16 heavy (non-hydrogen) atoms. The number of nitrogens with zero attached hydrogens (tertiary/aromatic N) is 1. The van der Waals surface area contributed by atoms with E-state index in [1.807, 2.05) is 6.07 Å². The smallest absolute Gasteiger partial charge is 0.160 e. The van der Waals surface area contributed by atoms with Crippen LogP contribution in [0.4, 0.5) is 0 Å². The van der Waals surface area contributed by atoms with Crippen LogP contribution in [0.2, 0.25) is 0 Å². The maximum Gasteiger partial charge on any atom is 0.160 e. The Morgan fingerprint density at radius 3 is 2.62 bits per heavy atom. The van der Waals surface area contributed by atoms with Gasteiger partial charge in [0.15, 0.2) is 5.78 Å². The van der Waals surface area contributed by atoms with E-state index in [-0.39, 0.29) is 11.5 Å². The van der Waals surface area contributed by atoms with Gasteiger partial charge >= 0.3 is 0 Å². The molecule has 1 aromatic carbocycles. The average molecular weight is 213 g/mol. The number of hydrogen-bond acceptors (Lipinski definition) is 3. The molecule has 3 heteroatoms. The Morgan fingerprint density at radius 1 is 1.19 bits per heavy atom. The fourth-order valence-electron chi connectivity index (χ4n) is 1.61. The third-order valence-corrected chi connectivity index (χ3v) is 2.34. The van der Waals surface area contributed by atoms with Crippen molar-refractivity contribution in [3.05, 3.63) is 48.2 Å². The summed E-state index contributed by atoms with van der Waals surface area (Å²) < 4.78 is 0. The van der Waals surface area contributed by atoms with Crippen molar-refractivity contribution in [3.8, 4) is 17.0 Å². The molecule has 0 atom stereocenters. The first-order chi connectivity index (χ1) is 7.70. The van der Waals surface area contributed by atoms with Crippen molar-refractivity contribution in [2.24, 2.45) is 0 Å². The zero-order chi connectivity index (χ0) is 11.5. The largest absolute Gasteiger partial charge is 0.507 e. The molecule has 0 aliphatic carbocycles. The minimum absolute atomic E-state index is 0.0754. The number of benzene rings is 1. The van der Waals surface area contributed by atoms with Crippen molar-refractivity contribution < 1.29 is 9.90 Å². The quantitative estimate of drug-likeness (QED) is 0.780. The summed E-state index contributed by atoms with van der Waals surface area (Å²) >= 11 is 0. The molecule has 2 aromatic rings. The first-order valence-corrected chi connectivity index (χ1v) is 4.94. The third kappa shape index (κ3) is 1.80. The summed E-state index contributed by atoms with van der Waals surface area (Å²) in [6.07, 6.45) is 1.63. The Bertz CT molecular complexity index is 521. The van der Waals surface area contributed by atoms with E-state index >= 15 is 0 Å². The van der Waals surface area contributed by atoms with Gasteiger partial charge in [0.05, 0.1) is 11.3 Å². The number of ketones is 1. The second kappa shape index (κ2) is 4.14. The molecule has 0 spiro atoms. The van der Waals surface area contributed by atoms with E-state index in [0.717, 1.165) is 0 Å². The Balaban J connectivity index is 2.68. The van der Waals surface area contributed by atoms with Gasteiger partial charge in [-0.05, 0) is 25.1 Å². The van der Waals surface area contributed by atoms with Gasteiger partial charge < -0.3 is 5.11 Å². The van der Waals surface area contributed by atoms with Crippen LogP contribution in [0.5, 0.6) is 5.75 Å². The van der Waals surface area contributed by atoms with Crippen molar-refractivity contribution >= 4 is 5.78 Å². The number of phenols is 1. The molecular formula is C13H11NO2. The Kier molecular flexibility index (Phi) is 2.68. The number of pyridine rings is 1. The number of phenolic OH excluding ortho intramolecular Hbond substituents is 1. The van der Waals surface area contributed by atoms with Gasteiger partial charge in [0.25, 0.3) is 0 Å². The molecule has 1 heterocycles. The highest BCUT2D eigenvalue weighted by Gasteiger charge is 2.13. The normalized spacial score (nSPS) is 10.1. The molecule has 80 valence electrons. The topological polar surface area (TPSA) is 50.2 Å². The zero-order valence-corrected chi connectivity index (χ0v) is 8.84. The average Bonchev–Trinajstić information content (AvgIpc) is 2.29. The molecule has 2 rings (SSSR count). The van der Waals surface area contributed by atoms with E-state index in [2.05, 4.69) is 4.98 Å². The van der Waals surface area contributed by atoms with Crippen LogP contribution in [0, 0.1) is 0 Å². The van der Waals surface area contributed by atoms with Gasteiger partial charge in [-0.15, -0.1) is 0 Å². The van der Waals surface area contributed by atoms with Crippen LogP contribution in [0.1, 0.15) is 17.3 Å². The van der Waals surface area contributed by atoms with Gasteiger partial charge in [0.2, 0.25) is 0 Å². The maximum absolute atomic E-state index is 11.5. The lowest BCUT2D eigenvalue weighted by Gasteiger charge is -2.08. The highest BCUT2D eigenvalue weighted by molar-refractivity contribution is 6.01. The monoisotopic (exact) mass is 213 g/mol. The molecule has 0 bridgehead atoms. The molecule has 0 amide bonds. The van der Waals surface area contributed by atoms with E-state index in [1.165, 1.54) is 6.92 Å². The van der Waals surface area contributed by atoms with Crippen LogP contribution in [0.25, 0.3) is 11.3 Å². The number of carbonyl (C=O) groups is 1. The summed E-state index contributed by atoms with van der Waals surface area (Å²) in [6.45, 7) is 1.47. The summed E-state index contributed by atoms with van der Waals surface area (Å²) in [6, 6.07) is 10.3. The highest BCUT2D eigenvalue weighted by Crippen LogP contribution is 2.31. The molecule has 0 fully saturated rings. The molecule has 0 saturated carbocycles. The Hall–Kier alpha value is -2.16. The first kappa shape index (κ1) is 10.4. The summed E-state index contributed by atoms with van der Waals surface area (Å²) in [5, 5.41) is 9.80. The van der Waals surface area contributed by atoms with Crippen molar-refractivity contribution in [2.75, 3.05) is 0 Å².